The summed E-state index contributed by atoms with van der Waals surface area (Å²) in [4.78, 5) is 22.0. The number of nitrogens with zero attached hydrogens (tertiary/aromatic N) is 3. The fourth-order valence-electron chi connectivity index (χ4n) is 4.77. The first-order chi connectivity index (χ1) is 17.0. The molecule has 5 rings (SSSR count). The van der Waals surface area contributed by atoms with E-state index in [1.807, 2.05) is 36.4 Å². The molecule has 0 aliphatic carbocycles. The largest absolute Gasteiger partial charge is 0.496 e. The van der Waals surface area contributed by atoms with Crippen molar-refractivity contribution in [1.29, 1.82) is 0 Å². The minimum atomic E-state index is -0.203. The number of carbonyl (C=O) groups excluding carboxylic acids is 1. The maximum absolute atomic E-state index is 12.6. The number of rotatable bonds is 6. The molecule has 0 spiro atoms. The normalized spacial score (nSPS) is 21.0. The molecule has 3 aliphatic rings. The topological polar surface area (TPSA) is 87.7 Å². The van der Waals surface area contributed by atoms with E-state index < -0.39 is 0 Å². The summed E-state index contributed by atoms with van der Waals surface area (Å²) in [7, 11) is 1.65. The number of anilines is 2. The Morgan fingerprint density at radius 3 is 2.80 bits per heavy atom. The van der Waals surface area contributed by atoms with Crippen LogP contribution in [0.5, 0.6) is 11.5 Å². The van der Waals surface area contributed by atoms with Gasteiger partial charge in [-0.3, -0.25) is 14.6 Å². The highest BCUT2D eigenvalue weighted by molar-refractivity contribution is 5.95. The Hall–Kier alpha value is -3.30. The molecule has 0 bridgehead atoms. The van der Waals surface area contributed by atoms with Crippen LogP contribution in [0, 0.1) is 0 Å². The molecule has 0 aromatic heterocycles. The van der Waals surface area contributed by atoms with E-state index in [0.717, 1.165) is 60.2 Å². The summed E-state index contributed by atoms with van der Waals surface area (Å²) in [5.41, 5.74) is 3.58. The lowest BCUT2D eigenvalue weighted by molar-refractivity contribution is -0.117. The average molecular weight is 480 g/mol. The van der Waals surface area contributed by atoms with Crippen molar-refractivity contribution in [3.63, 3.8) is 0 Å². The van der Waals surface area contributed by atoms with Gasteiger partial charge in [0, 0.05) is 49.2 Å². The number of fused-ring (bicyclic) bond motifs is 2. The summed E-state index contributed by atoms with van der Waals surface area (Å²) in [5.74, 6) is 1.55. The molecule has 1 unspecified atom stereocenters. The zero-order valence-corrected chi connectivity index (χ0v) is 20.5. The standard InChI is InChI=1S/C26H33N5O4/c1-17(2)31-11-9-30(10-12-31)14-24(32)27-19-7-8-20-18(13-19)15-35-26(28-20)29-21-16-34-23-6-4-5-22(33-3)25(21)23/h4-8,13,17,21H,9-12,14-16H2,1-3H3,(H,27,32)(H,28,29). The number of amidine groups is 1. The number of hydrogen-bond acceptors (Lipinski definition) is 7. The molecule has 0 radical (unpaired) electrons. The molecule has 1 atom stereocenters. The Kier molecular flexibility index (Phi) is 6.79. The fourth-order valence-corrected chi connectivity index (χ4v) is 4.77. The molecule has 35 heavy (non-hydrogen) atoms. The van der Waals surface area contributed by atoms with Gasteiger partial charge in [-0.15, -0.1) is 0 Å². The lowest BCUT2D eigenvalue weighted by Crippen LogP contribution is -2.50. The first-order valence-electron chi connectivity index (χ1n) is 12.2. The second-order valence-corrected chi connectivity index (χ2v) is 9.37. The van der Waals surface area contributed by atoms with Crippen molar-refractivity contribution in [2.24, 2.45) is 4.99 Å². The first-order valence-corrected chi connectivity index (χ1v) is 12.2. The fraction of sp³-hybridized carbons (Fsp3) is 0.462. The predicted octanol–water partition coefficient (Wildman–Crippen LogP) is 3.09. The monoisotopic (exact) mass is 479 g/mol. The summed E-state index contributed by atoms with van der Waals surface area (Å²) >= 11 is 0. The highest BCUT2D eigenvalue weighted by Crippen LogP contribution is 2.41. The van der Waals surface area contributed by atoms with Crippen LogP contribution >= 0.6 is 0 Å². The van der Waals surface area contributed by atoms with Crippen molar-refractivity contribution in [3.8, 4) is 11.5 Å². The van der Waals surface area contributed by atoms with Gasteiger partial charge < -0.3 is 24.8 Å². The van der Waals surface area contributed by atoms with Crippen LogP contribution in [0.2, 0.25) is 0 Å². The van der Waals surface area contributed by atoms with Crippen LogP contribution in [0.1, 0.15) is 31.0 Å². The molecule has 9 heteroatoms. The third-order valence-corrected chi connectivity index (χ3v) is 6.75. The van der Waals surface area contributed by atoms with Gasteiger partial charge in [-0.1, -0.05) is 6.07 Å². The molecule has 1 amide bonds. The highest BCUT2D eigenvalue weighted by Gasteiger charge is 2.29. The van der Waals surface area contributed by atoms with Gasteiger partial charge in [0.25, 0.3) is 6.02 Å². The number of benzene rings is 2. The number of nitrogens with one attached hydrogen (secondary N) is 2. The molecule has 2 aromatic carbocycles. The lowest BCUT2D eigenvalue weighted by atomic mass is 10.1. The van der Waals surface area contributed by atoms with Crippen molar-refractivity contribution < 1.29 is 19.0 Å². The van der Waals surface area contributed by atoms with Crippen LogP contribution in [-0.4, -0.2) is 74.2 Å². The van der Waals surface area contributed by atoms with Crippen molar-refractivity contribution >= 4 is 23.3 Å². The second-order valence-electron chi connectivity index (χ2n) is 9.37. The van der Waals surface area contributed by atoms with Crippen LogP contribution in [0.25, 0.3) is 0 Å². The Morgan fingerprint density at radius 1 is 1.20 bits per heavy atom. The van der Waals surface area contributed by atoms with Gasteiger partial charge >= 0.3 is 0 Å². The molecule has 1 fully saturated rings. The van der Waals surface area contributed by atoms with E-state index in [4.69, 9.17) is 19.2 Å². The first kappa shape index (κ1) is 23.4. The summed E-state index contributed by atoms with van der Waals surface area (Å²) in [6.07, 6.45) is 0. The highest BCUT2D eigenvalue weighted by atomic mass is 16.5. The molecular formula is C26H33N5O4. The molecule has 3 aliphatic heterocycles. The SMILES string of the molecule is COc1cccc2c1C(N=C1Nc3ccc(NC(=O)CN4CCN(C(C)C)CC4)cc3CO1)CO2. The molecular weight excluding hydrogens is 446 g/mol. The van der Waals surface area contributed by atoms with Gasteiger partial charge in [-0.05, 0) is 44.2 Å². The number of amides is 1. The van der Waals surface area contributed by atoms with E-state index in [9.17, 15) is 4.79 Å². The smallest absolute Gasteiger partial charge is 0.290 e. The van der Waals surface area contributed by atoms with Gasteiger partial charge in [-0.25, -0.2) is 4.99 Å². The van der Waals surface area contributed by atoms with Crippen molar-refractivity contribution in [2.75, 3.05) is 57.1 Å². The number of aliphatic imine (C=N–C) groups is 1. The van der Waals surface area contributed by atoms with Gasteiger partial charge in [0.05, 0.1) is 19.2 Å². The zero-order chi connectivity index (χ0) is 24.4. The van der Waals surface area contributed by atoms with Crippen molar-refractivity contribution in [3.05, 3.63) is 47.5 Å². The maximum Gasteiger partial charge on any atom is 0.290 e. The average Bonchev–Trinajstić information content (AvgIpc) is 3.27. The summed E-state index contributed by atoms with van der Waals surface area (Å²) < 4.78 is 17.1. The Morgan fingerprint density at radius 2 is 2.03 bits per heavy atom. The third kappa shape index (κ3) is 5.21. The number of hydrogen-bond donors (Lipinski definition) is 2. The molecule has 2 N–H and O–H groups in total. The van der Waals surface area contributed by atoms with Crippen LogP contribution in [0.4, 0.5) is 11.4 Å². The predicted molar refractivity (Wildman–Crippen MR) is 135 cm³/mol. The molecule has 2 aromatic rings. The lowest BCUT2D eigenvalue weighted by Gasteiger charge is -2.36. The number of ether oxygens (including phenoxy) is 3. The van der Waals surface area contributed by atoms with Crippen molar-refractivity contribution in [1.82, 2.24) is 9.80 Å². The van der Waals surface area contributed by atoms with Crippen molar-refractivity contribution in [2.45, 2.75) is 32.5 Å². The van der Waals surface area contributed by atoms with E-state index in [1.165, 1.54) is 0 Å². The minimum Gasteiger partial charge on any atom is -0.496 e. The number of carbonyl (C=O) groups is 1. The molecule has 0 saturated carbocycles. The van der Waals surface area contributed by atoms with E-state index in [0.29, 0.717) is 31.8 Å². The molecule has 186 valence electrons. The number of piperazine rings is 1. The minimum absolute atomic E-state index is 0.00346. The summed E-state index contributed by atoms with van der Waals surface area (Å²) in [6, 6.07) is 12.3. The number of methoxy groups -OCH3 is 1. The van der Waals surface area contributed by atoms with E-state index in [2.05, 4.69) is 34.3 Å². The Bertz CT molecular complexity index is 1110. The van der Waals surface area contributed by atoms with Crippen LogP contribution in [0.15, 0.2) is 41.4 Å². The Labute approximate surface area is 206 Å². The van der Waals surface area contributed by atoms with Crippen LogP contribution < -0.4 is 20.1 Å². The summed E-state index contributed by atoms with van der Waals surface area (Å²) in [5, 5.41) is 6.29. The quantitative estimate of drug-likeness (QED) is 0.658. The van der Waals surface area contributed by atoms with Gasteiger partial charge in [0.2, 0.25) is 5.91 Å². The van der Waals surface area contributed by atoms with E-state index >= 15 is 0 Å². The van der Waals surface area contributed by atoms with E-state index in [1.54, 1.807) is 7.11 Å². The summed E-state index contributed by atoms with van der Waals surface area (Å²) in [6.45, 7) is 9.47. The van der Waals surface area contributed by atoms with Gasteiger partial charge in [-0.2, -0.15) is 0 Å². The molecule has 9 nitrogen and oxygen atoms in total. The Balaban J connectivity index is 1.19. The van der Waals surface area contributed by atoms with Gasteiger partial charge in [0.1, 0.15) is 30.8 Å². The zero-order valence-electron chi connectivity index (χ0n) is 20.5. The molecule has 1 saturated heterocycles. The maximum atomic E-state index is 12.6. The second kappa shape index (κ2) is 10.1. The van der Waals surface area contributed by atoms with Gasteiger partial charge in [0.15, 0.2) is 0 Å². The van der Waals surface area contributed by atoms with Crippen LogP contribution in [-0.2, 0) is 16.1 Å². The third-order valence-electron chi connectivity index (χ3n) is 6.75. The van der Waals surface area contributed by atoms with E-state index in [-0.39, 0.29) is 11.9 Å². The van der Waals surface area contributed by atoms with Crippen LogP contribution in [0.3, 0.4) is 0 Å². The molecule has 3 heterocycles.